The molecule has 0 aromatic heterocycles. The van der Waals surface area contributed by atoms with Gasteiger partial charge in [0.25, 0.3) is 5.91 Å². The average Bonchev–Trinajstić information content (AvgIpc) is 3.49. The van der Waals surface area contributed by atoms with Crippen molar-refractivity contribution in [2.75, 3.05) is 4.90 Å². The van der Waals surface area contributed by atoms with Crippen LogP contribution in [0.5, 0.6) is 0 Å². The topological polar surface area (TPSA) is 49.4 Å². The Morgan fingerprint density at radius 1 is 1.09 bits per heavy atom. The van der Waals surface area contributed by atoms with Crippen molar-refractivity contribution in [2.24, 2.45) is 0 Å². The number of nitrogens with zero attached hydrogens (tertiary/aromatic N) is 1. The Labute approximate surface area is 193 Å². The van der Waals surface area contributed by atoms with Crippen molar-refractivity contribution in [3.8, 4) is 0 Å². The zero-order valence-corrected chi connectivity index (χ0v) is 18.9. The lowest BCUT2D eigenvalue weighted by atomic mass is 9.92. The van der Waals surface area contributed by atoms with E-state index in [0.29, 0.717) is 17.1 Å². The Bertz CT molecular complexity index is 1200. The van der Waals surface area contributed by atoms with Crippen LogP contribution in [0.25, 0.3) is 0 Å². The monoisotopic (exact) mass is 444 g/mol. The molecule has 32 heavy (non-hydrogen) atoms. The van der Waals surface area contributed by atoms with Crippen molar-refractivity contribution in [3.63, 3.8) is 0 Å². The first-order valence-corrected chi connectivity index (χ1v) is 11.3. The summed E-state index contributed by atoms with van der Waals surface area (Å²) in [4.78, 5) is 28.1. The minimum absolute atomic E-state index is 0.0673. The SMILES string of the molecule is CC(C)NC(=O)c1cccc(CN2C(=O)[C@]3(CC3c3ccc(Cl)cc3)c3ccccc32)c1. The van der Waals surface area contributed by atoms with Gasteiger partial charge in [-0.1, -0.05) is 54.1 Å². The highest BCUT2D eigenvalue weighted by Crippen LogP contribution is 2.66. The van der Waals surface area contributed by atoms with Gasteiger partial charge in [0.1, 0.15) is 0 Å². The highest BCUT2D eigenvalue weighted by molar-refractivity contribution is 6.30. The Balaban J connectivity index is 1.45. The van der Waals surface area contributed by atoms with Crippen molar-refractivity contribution in [3.05, 3.63) is 100 Å². The van der Waals surface area contributed by atoms with Crippen LogP contribution < -0.4 is 10.2 Å². The number of anilines is 1. The van der Waals surface area contributed by atoms with Gasteiger partial charge in [0, 0.05) is 28.2 Å². The average molecular weight is 445 g/mol. The molecule has 0 bridgehead atoms. The molecule has 0 radical (unpaired) electrons. The molecule has 1 spiro atoms. The van der Waals surface area contributed by atoms with Gasteiger partial charge < -0.3 is 10.2 Å². The molecular weight excluding hydrogens is 420 g/mol. The van der Waals surface area contributed by atoms with Gasteiger partial charge in [-0.2, -0.15) is 0 Å². The molecule has 3 aromatic rings. The molecule has 3 aromatic carbocycles. The zero-order chi connectivity index (χ0) is 22.5. The maximum Gasteiger partial charge on any atom is 0.251 e. The van der Waals surface area contributed by atoms with Crippen molar-refractivity contribution in [2.45, 2.75) is 44.2 Å². The number of hydrogen-bond donors (Lipinski definition) is 1. The standard InChI is InChI=1S/C27H25ClN2O2/c1-17(2)29-25(31)20-7-5-6-18(14-20)16-30-24-9-4-3-8-22(24)27(26(30)32)15-23(27)19-10-12-21(28)13-11-19/h3-14,17,23H,15-16H2,1-2H3,(H,29,31)/t23?,27-/m1/s1. The molecule has 1 N–H and O–H groups in total. The maximum atomic E-state index is 13.8. The van der Waals surface area contributed by atoms with Gasteiger partial charge in [-0.15, -0.1) is 0 Å². The van der Waals surface area contributed by atoms with Crippen LogP contribution in [-0.2, 0) is 16.8 Å². The number of hydrogen-bond acceptors (Lipinski definition) is 2. The molecule has 5 heteroatoms. The first kappa shape index (κ1) is 20.8. The second kappa shape index (κ2) is 7.79. The van der Waals surface area contributed by atoms with Crippen LogP contribution in [-0.4, -0.2) is 17.9 Å². The quantitative estimate of drug-likeness (QED) is 0.568. The number of halogens is 1. The normalized spacial score (nSPS) is 21.2. The third-order valence-corrected chi connectivity index (χ3v) is 6.74. The fourth-order valence-electron chi connectivity index (χ4n) is 4.94. The molecule has 1 aliphatic carbocycles. The second-order valence-electron chi connectivity index (χ2n) is 9.02. The van der Waals surface area contributed by atoms with E-state index < -0.39 is 5.41 Å². The van der Waals surface area contributed by atoms with Crippen LogP contribution in [0.4, 0.5) is 5.69 Å². The van der Waals surface area contributed by atoms with Crippen molar-refractivity contribution >= 4 is 29.1 Å². The number of carbonyl (C=O) groups is 2. The van der Waals surface area contributed by atoms with Crippen molar-refractivity contribution in [1.82, 2.24) is 5.32 Å². The van der Waals surface area contributed by atoms with Crippen LogP contribution in [0, 0.1) is 0 Å². The molecule has 1 saturated carbocycles. The lowest BCUT2D eigenvalue weighted by molar-refractivity contribution is -0.120. The first-order chi connectivity index (χ1) is 15.4. The van der Waals surface area contributed by atoms with E-state index in [1.165, 1.54) is 0 Å². The number of carbonyl (C=O) groups excluding carboxylic acids is 2. The van der Waals surface area contributed by atoms with E-state index >= 15 is 0 Å². The summed E-state index contributed by atoms with van der Waals surface area (Å²) in [6.07, 6.45) is 0.803. The molecule has 1 fully saturated rings. The molecule has 2 aliphatic rings. The molecular formula is C27H25ClN2O2. The number of nitrogens with one attached hydrogen (secondary N) is 1. The number of para-hydroxylation sites is 1. The van der Waals surface area contributed by atoms with Crippen molar-refractivity contribution < 1.29 is 9.59 Å². The van der Waals surface area contributed by atoms with E-state index in [1.54, 1.807) is 6.07 Å². The fourth-order valence-corrected chi connectivity index (χ4v) is 5.07. The van der Waals surface area contributed by atoms with Gasteiger partial charge >= 0.3 is 0 Å². The first-order valence-electron chi connectivity index (χ1n) is 11.0. The smallest absolute Gasteiger partial charge is 0.251 e. The van der Waals surface area contributed by atoms with E-state index in [0.717, 1.165) is 28.8 Å². The van der Waals surface area contributed by atoms with Gasteiger partial charge in [0.05, 0.1) is 12.0 Å². The van der Waals surface area contributed by atoms with Crippen LogP contribution >= 0.6 is 11.6 Å². The summed E-state index contributed by atoms with van der Waals surface area (Å²) in [6.45, 7) is 4.31. The van der Waals surface area contributed by atoms with E-state index in [9.17, 15) is 9.59 Å². The molecule has 0 saturated heterocycles. The largest absolute Gasteiger partial charge is 0.350 e. The summed E-state index contributed by atoms with van der Waals surface area (Å²) in [5.41, 5.74) is 4.25. The summed E-state index contributed by atoms with van der Waals surface area (Å²) < 4.78 is 0. The van der Waals surface area contributed by atoms with Crippen LogP contribution in [0.3, 0.4) is 0 Å². The zero-order valence-electron chi connectivity index (χ0n) is 18.1. The van der Waals surface area contributed by atoms with Gasteiger partial charge in [0.15, 0.2) is 0 Å². The summed E-state index contributed by atoms with van der Waals surface area (Å²) in [6, 6.07) is 23.5. The molecule has 1 heterocycles. The molecule has 4 nitrogen and oxygen atoms in total. The fraction of sp³-hybridized carbons (Fsp3) is 0.259. The van der Waals surface area contributed by atoms with E-state index in [-0.39, 0.29) is 23.8 Å². The molecule has 162 valence electrons. The highest BCUT2D eigenvalue weighted by atomic mass is 35.5. The van der Waals surface area contributed by atoms with Gasteiger partial charge in [-0.3, -0.25) is 9.59 Å². The third kappa shape index (κ3) is 3.39. The predicted octanol–water partition coefficient (Wildman–Crippen LogP) is 5.45. The molecule has 1 unspecified atom stereocenters. The minimum atomic E-state index is -0.503. The molecule has 5 rings (SSSR count). The summed E-state index contributed by atoms with van der Waals surface area (Å²) in [5.74, 6) is 0.189. The number of benzene rings is 3. The van der Waals surface area contributed by atoms with Gasteiger partial charge in [-0.25, -0.2) is 0 Å². The Morgan fingerprint density at radius 3 is 2.59 bits per heavy atom. The van der Waals surface area contributed by atoms with E-state index in [2.05, 4.69) is 11.4 Å². The Kier molecular flexibility index (Phi) is 5.06. The number of amides is 2. The molecule has 1 aliphatic heterocycles. The Morgan fingerprint density at radius 2 is 1.84 bits per heavy atom. The highest BCUT2D eigenvalue weighted by Gasteiger charge is 2.67. The third-order valence-electron chi connectivity index (χ3n) is 6.49. The lowest BCUT2D eigenvalue weighted by Crippen LogP contribution is -2.33. The summed E-state index contributed by atoms with van der Waals surface area (Å²) >= 11 is 6.07. The summed E-state index contributed by atoms with van der Waals surface area (Å²) in [5, 5.41) is 3.63. The molecule has 2 amide bonds. The van der Waals surface area contributed by atoms with E-state index in [4.69, 9.17) is 11.6 Å². The number of fused-ring (bicyclic) bond motifs is 2. The molecule has 2 atom stereocenters. The van der Waals surface area contributed by atoms with Crippen LogP contribution in [0.15, 0.2) is 72.8 Å². The van der Waals surface area contributed by atoms with Crippen LogP contribution in [0.1, 0.15) is 53.2 Å². The summed E-state index contributed by atoms with van der Waals surface area (Å²) in [7, 11) is 0. The van der Waals surface area contributed by atoms with Crippen molar-refractivity contribution in [1.29, 1.82) is 0 Å². The second-order valence-corrected chi connectivity index (χ2v) is 9.45. The van der Waals surface area contributed by atoms with Gasteiger partial charge in [0.2, 0.25) is 5.91 Å². The Hall–Kier alpha value is -3.11. The van der Waals surface area contributed by atoms with E-state index in [1.807, 2.05) is 79.4 Å². The van der Waals surface area contributed by atoms with Crippen LogP contribution in [0.2, 0.25) is 5.02 Å². The predicted molar refractivity (Wildman–Crippen MR) is 127 cm³/mol. The number of rotatable bonds is 5. The maximum absolute atomic E-state index is 13.8. The minimum Gasteiger partial charge on any atom is -0.350 e. The lowest BCUT2D eigenvalue weighted by Gasteiger charge is -2.19. The van der Waals surface area contributed by atoms with Gasteiger partial charge in [-0.05, 0) is 67.3 Å².